The molecule has 3 N–H and O–H groups in total. The van der Waals surface area contributed by atoms with Gasteiger partial charge in [-0.1, -0.05) is 18.2 Å². The average molecular weight is 518 g/mol. The molecule has 36 heavy (non-hydrogen) atoms. The third-order valence-corrected chi connectivity index (χ3v) is 7.79. The molecule has 0 bridgehead atoms. The maximum absolute atomic E-state index is 13.5. The topological polar surface area (TPSA) is 91.1 Å². The smallest absolute Gasteiger partial charge is 0.264 e. The molecule has 4 rings (SSSR count). The highest BCUT2D eigenvalue weighted by atomic mass is 32.1. The van der Waals surface area contributed by atoms with Crippen molar-refractivity contribution in [1.29, 1.82) is 0 Å². The first-order valence-electron chi connectivity index (χ1n) is 12.7. The molecule has 2 amide bonds. The summed E-state index contributed by atoms with van der Waals surface area (Å²) in [5, 5.41) is 4.77. The van der Waals surface area contributed by atoms with Crippen LogP contribution in [0, 0.1) is 5.82 Å². The zero-order chi connectivity index (χ0) is 25.3. The van der Waals surface area contributed by atoms with Gasteiger partial charge in [0.1, 0.15) is 11.9 Å². The molecule has 1 unspecified atom stereocenters. The van der Waals surface area contributed by atoms with E-state index in [1.54, 1.807) is 11.0 Å². The molecule has 1 aromatic carbocycles. The van der Waals surface area contributed by atoms with E-state index in [1.165, 1.54) is 23.5 Å². The molecule has 2 aliphatic rings. The third-order valence-electron chi connectivity index (χ3n) is 6.94. The molecule has 2 atom stereocenters. The summed E-state index contributed by atoms with van der Waals surface area (Å²) in [5.74, 6) is -0.518. The van der Waals surface area contributed by atoms with Crippen LogP contribution in [0.15, 0.2) is 41.8 Å². The number of nitrogens with two attached hydrogens (primary N) is 1. The van der Waals surface area contributed by atoms with Crippen molar-refractivity contribution < 1.29 is 18.7 Å². The number of rotatable bonds is 10. The fourth-order valence-electron chi connectivity index (χ4n) is 4.93. The fourth-order valence-corrected chi connectivity index (χ4v) is 5.61. The van der Waals surface area contributed by atoms with Crippen LogP contribution in [0.4, 0.5) is 4.39 Å². The quantitative estimate of drug-likeness (QED) is 0.499. The number of nitrogens with one attached hydrogen (secondary N) is 1. The van der Waals surface area contributed by atoms with Crippen molar-refractivity contribution >= 4 is 23.2 Å². The Morgan fingerprint density at radius 2 is 1.94 bits per heavy atom. The monoisotopic (exact) mass is 517 g/mol. The van der Waals surface area contributed by atoms with Gasteiger partial charge in [0, 0.05) is 58.4 Å². The summed E-state index contributed by atoms with van der Waals surface area (Å²) >= 11 is 1.39. The minimum absolute atomic E-state index is 0.102. The highest BCUT2D eigenvalue weighted by Crippen LogP contribution is 2.27. The predicted molar refractivity (Wildman–Crippen MR) is 138 cm³/mol. The number of benzene rings is 1. The molecule has 0 saturated carbocycles. The van der Waals surface area contributed by atoms with Crippen molar-refractivity contribution in [1.82, 2.24) is 20.0 Å². The Labute approximate surface area is 216 Å². The molecule has 3 heterocycles. The van der Waals surface area contributed by atoms with E-state index in [1.807, 2.05) is 23.6 Å². The highest BCUT2D eigenvalue weighted by Gasteiger charge is 2.38. The molecular formula is C26H36FN5O3S. The van der Waals surface area contributed by atoms with Gasteiger partial charge in [-0.3, -0.25) is 19.4 Å². The van der Waals surface area contributed by atoms with E-state index < -0.39 is 6.04 Å². The number of likely N-dealkylation sites (tertiary alicyclic amines) is 1. The third kappa shape index (κ3) is 7.10. The molecule has 10 heteroatoms. The number of morpholine rings is 1. The number of nitrogens with zero attached hydrogens (tertiary/aromatic N) is 3. The zero-order valence-electron chi connectivity index (χ0n) is 20.6. The van der Waals surface area contributed by atoms with Crippen molar-refractivity contribution in [3.63, 3.8) is 0 Å². The Morgan fingerprint density at radius 1 is 1.17 bits per heavy atom. The predicted octanol–water partition coefficient (Wildman–Crippen LogP) is 1.77. The number of hydrogen-bond donors (Lipinski definition) is 2. The van der Waals surface area contributed by atoms with Crippen molar-refractivity contribution in [2.24, 2.45) is 5.73 Å². The van der Waals surface area contributed by atoms with Gasteiger partial charge in [-0.2, -0.15) is 0 Å². The second kappa shape index (κ2) is 13.3. The molecule has 0 radical (unpaired) electrons. The van der Waals surface area contributed by atoms with Gasteiger partial charge in [0.2, 0.25) is 5.91 Å². The molecule has 0 spiro atoms. The number of ether oxygens (including phenoxy) is 1. The molecule has 1 aromatic heterocycles. The van der Waals surface area contributed by atoms with Crippen LogP contribution in [0.3, 0.4) is 0 Å². The van der Waals surface area contributed by atoms with E-state index in [0.29, 0.717) is 37.5 Å². The number of hydrogen-bond acceptors (Lipinski definition) is 7. The normalized spacial score (nSPS) is 21.0. The van der Waals surface area contributed by atoms with E-state index in [9.17, 15) is 14.0 Å². The Kier molecular flexibility index (Phi) is 9.82. The fraction of sp³-hybridized carbons (Fsp3) is 0.538. The van der Waals surface area contributed by atoms with Crippen molar-refractivity contribution in [3.05, 3.63) is 58.0 Å². The Bertz CT molecular complexity index is 968. The Hall–Kier alpha value is -2.37. The Balaban J connectivity index is 1.51. The average Bonchev–Trinajstić information content (AvgIpc) is 3.46. The van der Waals surface area contributed by atoms with Crippen LogP contribution in [-0.4, -0.2) is 97.6 Å². The van der Waals surface area contributed by atoms with Crippen LogP contribution in [-0.2, 0) is 16.1 Å². The molecule has 0 aliphatic carbocycles. The van der Waals surface area contributed by atoms with Crippen LogP contribution < -0.4 is 11.1 Å². The van der Waals surface area contributed by atoms with Crippen molar-refractivity contribution in [2.45, 2.75) is 31.5 Å². The molecule has 8 nitrogen and oxygen atoms in total. The number of carbonyl (C=O) groups excluding carboxylic acids is 2. The van der Waals surface area contributed by atoms with Crippen LogP contribution in [0.2, 0.25) is 0 Å². The summed E-state index contributed by atoms with van der Waals surface area (Å²) in [7, 11) is 0. The summed E-state index contributed by atoms with van der Waals surface area (Å²) in [6.07, 6.45) is 1.31. The first-order valence-corrected chi connectivity index (χ1v) is 13.5. The molecule has 196 valence electrons. The van der Waals surface area contributed by atoms with Crippen molar-refractivity contribution in [2.75, 3.05) is 59.0 Å². The minimum Gasteiger partial charge on any atom is -0.379 e. The van der Waals surface area contributed by atoms with Crippen LogP contribution in [0.25, 0.3) is 0 Å². The lowest BCUT2D eigenvalue weighted by molar-refractivity contribution is -0.127. The van der Waals surface area contributed by atoms with E-state index in [-0.39, 0.29) is 23.7 Å². The maximum atomic E-state index is 13.5. The Morgan fingerprint density at radius 3 is 2.64 bits per heavy atom. The molecular weight excluding hydrogens is 481 g/mol. The van der Waals surface area contributed by atoms with Gasteiger partial charge in [0.05, 0.1) is 18.1 Å². The van der Waals surface area contributed by atoms with Gasteiger partial charge in [-0.15, -0.1) is 11.3 Å². The first-order chi connectivity index (χ1) is 17.5. The standard InChI is InChI=1S/C26H36FN5O3S/c27-21-5-3-20(4-6-21)19-31(12-11-30-13-15-35-16-14-30)22-7-10-32(26(34)24-2-1-17-36-24)23(18-22)25(33)29-9-8-28/h1-6,17,22-23H,7-16,18-19,28H2,(H,29,33)/t22?,23-/m1/s1. The lowest BCUT2D eigenvalue weighted by atomic mass is 9.94. The molecule has 2 aliphatic heterocycles. The van der Waals surface area contributed by atoms with Gasteiger partial charge in [0.15, 0.2) is 0 Å². The van der Waals surface area contributed by atoms with Crippen molar-refractivity contribution in [3.8, 4) is 0 Å². The first kappa shape index (κ1) is 26.7. The lowest BCUT2D eigenvalue weighted by Crippen LogP contribution is -2.58. The van der Waals surface area contributed by atoms with Crippen LogP contribution >= 0.6 is 11.3 Å². The van der Waals surface area contributed by atoms with Gasteiger partial charge >= 0.3 is 0 Å². The zero-order valence-corrected chi connectivity index (χ0v) is 21.4. The van der Waals surface area contributed by atoms with E-state index >= 15 is 0 Å². The summed E-state index contributed by atoms with van der Waals surface area (Å²) in [6, 6.07) is 9.81. The van der Waals surface area contributed by atoms with E-state index in [0.717, 1.165) is 51.4 Å². The molecule has 2 fully saturated rings. The number of piperidine rings is 1. The minimum atomic E-state index is -0.566. The molecule has 2 aromatic rings. The van der Waals surface area contributed by atoms with E-state index in [2.05, 4.69) is 15.1 Å². The second-order valence-corrected chi connectivity index (χ2v) is 10.2. The highest BCUT2D eigenvalue weighted by molar-refractivity contribution is 7.12. The summed E-state index contributed by atoms with van der Waals surface area (Å²) in [5.41, 5.74) is 6.65. The summed E-state index contributed by atoms with van der Waals surface area (Å²) < 4.78 is 19.0. The number of halogens is 1. The summed E-state index contributed by atoms with van der Waals surface area (Å²) in [6.45, 7) is 6.87. The SMILES string of the molecule is NCCNC(=O)[C@H]1CC(N(CCN2CCOCC2)Cc2ccc(F)cc2)CCN1C(=O)c1cccs1. The number of carbonyl (C=O) groups is 2. The number of amides is 2. The second-order valence-electron chi connectivity index (χ2n) is 9.30. The molecule has 2 saturated heterocycles. The van der Waals surface area contributed by atoms with Gasteiger partial charge in [-0.05, 0) is 42.0 Å². The lowest BCUT2D eigenvalue weighted by Gasteiger charge is -2.43. The van der Waals surface area contributed by atoms with Gasteiger partial charge < -0.3 is 20.7 Å². The largest absolute Gasteiger partial charge is 0.379 e. The van der Waals surface area contributed by atoms with E-state index in [4.69, 9.17) is 10.5 Å². The van der Waals surface area contributed by atoms with Crippen LogP contribution in [0.5, 0.6) is 0 Å². The van der Waals surface area contributed by atoms with Gasteiger partial charge in [-0.25, -0.2) is 4.39 Å². The van der Waals surface area contributed by atoms with Gasteiger partial charge in [0.25, 0.3) is 5.91 Å². The summed E-state index contributed by atoms with van der Waals surface area (Å²) in [4.78, 5) is 33.5. The number of thiophene rings is 1. The van der Waals surface area contributed by atoms with Crippen LogP contribution in [0.1, 0.15) is 28.1 Å². The maximum Gasteiger partial charge on any atom is 0.264 e.